The van der Waals surface area contributed by atoms with Crippen molar-refractivity contribution in [3.05, 3.63) is 28.2 Å². The Balaban J connectivity index is 1.82. The number of hydrogen-bond donors (Lipinski definition) is 1. The third-order valence-electron chi connectivity index (χ3n) is 3.98. The fourth-order valence-electron chi connectivity index (χ4n) is 2.69. The Labute approximate surface area is 122 Å². The monoisotopic (exact) mass is 322 g/mol. The van der Waals surface area contributed by atoms with Crippen LogP contribution in [0.2, 0.25) is 0 Å². The van der Waals surface area contributed by atoms with Crippen LogP contribution in [0.15, 0.2) is 22.7 Å². The van der Waals surface area contributed by atoms with E-state index in [0.717, 1.165) is 35.1 Å². The highest BCUT2D eigenvalue weighted by Crippen LogP contribution is 2.30. The molecule has 0 radical (unpaired) electrons. The lowest BCUT2D eigenvalue weighted by molar-refractivity contribution is -0.121. The second kappa shape index (κ2) is 5.25. The minimum absolute atomic E-state index is 0.0135. The van der Waals surface area contributed by atoms with E-state index < -0.39 is 0 Å². The van der Waals surface area contributed by atoms with Gasteiger partial charge >= 0.3 is 0 Å². The number of benzene rings is 1. The Morgan fingerprint density at radius 1 is 1.32 bits per heavy atom. The van der Waals surface area contributed by atoms with Crippen LogP contribution >= 0.6 is 15.9 Å². The summed E-state index contributed by atoms with van der Waals surface area (Å²) in [5, 5.41) is 3.47. The standard InChI is InChI=1S/C15H19BrN2O/c1-10-12(16)4-2-6-14(10)18-9-3-5-13(15(18)19)17-11-7-8-11/h2,4,6,11,13,17H,3,5,7-9H2,1H3. The first-order valence-electron chi connectivity index (χ1n) is 6.99. The largest absolute Gasteiger partial charge is 0.311 e. The van der Waals surface area contributed by atoms with Crippen LogP contribution in [0.5, 0.6) is 0 Å². The van der Waals surface area contributed by atoms with Crippen LogP contribution in [0.25, 0.3) is 0 Å². The molecule has 102 valence electrons. The summed E-state index contributed by atoms with van der Waals surface area (Å²) in [4.78, 5) is 14.5. The SMILES string of the molecule is Cc1c(Br)cccc1N1CCCC(NC2CC2)C1=O. The minimum atomic E-state index is 0.0135. The van der Waals surface area contributed by atoms with Crippen LogP contribution in [0, 0.1) is 6.92 Å². The van der Waals surface area contributed by atoms with Crippen LogP contribution in [0.1, 0.15) is 31.2 Å². The number of hydrogen-bond acceptors (Lipinski definition) is 2. The molecule has 1 N–H and O–H groups in total. The summed E-state index contributed by atoms with van der Waals surface area (Å²) in [5.41, 5.74) is 2.18. The molecule has 0 aromatic heterocycles. The third-order valence-corrected chi connectivity index (χ3v) is 4.84. The van der Waals surface area contributed by atoms with E-state index in [4.69, 9.17) is 0 Å². The molecule has 3 rings (SSSR count). The Morgan fingerprint density at radius 2 is 2.11 bits per heavy atom. The van der Waals surface area contributed by atoms with Crippen molar-refractivity contribution in [2.24, 2.45) is 0 Å². The van der Waals surface area contributed by atoms with Crippen LogP contribution in [0.4, 0.5) is 5.69 Å². The highest BCUT2D eigenvalue weighted by Gasteiger charge is 2.34. The van der Waals surface area contributed by atoms with Gasteiger partial charge in [0.05, 0.1) is 6.04 Å². The van der Waals surface area contributed by atoms with Gasteiger partial charge in [-0.3, -0.25) is 4.79 Å². The van der Waals surface area contributed by atoms with Crippen molar-refractivity contribution >= 4 is 27.5 Å². The third kappa shape index (κ3) is 2.70. The molecule has 0 bridgehead atoms. The van der Waals surface area contributed by atoms with Gasteiger partial charge in [-0.25, -0.2) is 0 Å². The molecule has 1 heterocycles. The summed E-state index contributed by atoms with van der Waals surface area (Å²) in [7, 11) is 0. The van der Waals surface area contributed by atoms with Crippen molar-refractivity contribution in [2.45, 2.75) is 44.7 Å². The predicted octanol–water partition coefficient (Wildman–Crippen LogP) is 3.00. The molecule has 0 spiro atoms. The summed E-state index contributed by atoms with van der Waals surface area (Å²) in [6.07, 6.45) is 4.49. The molecule has 4 heteroatoms. The fraction of sp³-hybridized carbons (Fsp3) is 0.533. The molecule has 3 nitrogen and oxygen atoms in total. The molecule has 19 heavy (non-hydrogen) atoms. The van der Waals surface area contributed by atoms with Crippen molar-refractivity contribution in [3.63, 3.8) is 0 Å². The van der Waals surface area contributed by atoms with Crippen LogP contribution in [-0.2, 0) is 4.79 Å². The number of nitrogens with zero attached hydrogens (tertiary/aromatic N) is 1. The molecule has 1 aromatic carbocycles. The number of halogens is 1. The number of carbonyl (C=O) groups excluding carboxylic acids is 1. The first-order chi connectivity index (χ1) is 9.16. The maximum absolute atomic E-state index is 12.6. The summed E-state index contributed by atoms with van der Waals surface area (Å²) >= 11 is 3.54. The number of anilines is 1. The average Bonchev–Trinajstić information content (AvgIpc) is 3.20. The molecule has 1 aliphatic carbocycles. The number of amides is 1. The van der Waals surface area contributed by atoms with Gasteiger partial charge in [0.25, 0.3) is 0 Å². The molecule has 1 atom stereocenters. The summed E-state index contributed by atoms with van der Waals surface area (Å²) in [6, 6.07) is 6.65. The summed E-state index contributed by atoms with van der Waals surface area (Å²) < 4.78 is 1.06. The van der Waals surface area contributed by atoms with Gasteiger partial charge in [-0.2, -0.15) is 0 Å². The van der Waals surface area contributed by atoms with Crippen molar-refractivity contribution in [2.75, 3.05) is 11.4 Å². The topological polar surface area (TPSA) is 32.3 Å². The van der Waals surface area contributed by atoms with Gasteiger partial charge in [0.1, 0.15) is 0 Å². The fourth-order valence-corrected chi connectivity index (χ4v) is 3.05. The Bertz CT molecular complexity index is 499. The van der Waals surface area contributed by atoms with E-state index in [2.05, 4.69) is 28.2 Å². The first kappa shape index (κ1) is 13.1. The molecule has 1 aromatic rings. The van der Waals surface area contributed by atoms with E-state index in [-0.39, 0.29) is 11.9 Å². The zero-order chi connectivity index (χ0) is 13.4. The Kier molecular flexibility index (Phi) is 3.63. The molecule has 1 saturated carbocycles. The number of nitrogens with one attached hydrogen (secondary N) is 1. The zero-order valence-electron chi connectivity index (χ0n) is 11.2. The smallest absolute Gasteiger partial charge is 0.244 e. The molecule has 2 aliphatic rings. The van der Waals surface area contributed by atoms with Crippen molar-refractivity contribution in [1.82, 2.24) is 5.32 Å². The second-order valence-electron chi connectivity index (χ2n) is 5.51. The van der Waals surface area contributed by atoms with E-state index in [0.29, 0.717) is 6.04 Å². The predicted molar refractivity (Wildman–Crippen MR) is 80.4 cm³/mol. The quantitative estimate of drug-likeness (QED) is 0.927. The van der Waals surface area contributed by atoms with Gasteiger partial charge in [0.15, 0.2) is 0 Å². The molecular weight excluding hydrogens is 304 g/mol. The lowest BCUT2D eigenvalue weighted by atomic mass is 10.0. The number of carbonyl (C=O) groups is 1. The minimum Gasteiger partial charge on any atom is -0.311 e. The zero-order valence-corrected chi connectivity index (χ0v) is 12.7. The van der Waals surface area contributed by atoms with Gasteiger partial charge < -0.3 is 10.2 Å². The van der Waals surface area contributed by atoms with Crippen LogP contribution < -0.4 is 10.2 Å². The second-order valence-corrected chi connectivity index (χ2v) is 6.36. The maximum Gasteiger partial charge on any atom is 0.244 e. The normalized spacial score (nSPS) is 23.8. The Hall–Kier alpha value is -0.870. The lowest BCUT2D eigenvalue weighted by Crippen LogP contribution is -2.51. The van der Waals surface area contributed by atoms with Crippen molar-refractivity contribution in [3.8, 4) is 0 Å². The van der Waals surface area contributed by atoms with Gasteiger partial charge in [-0.1, -0.05) is 22.0 Å². The average molecular weight is 323 g/mol. The molecule has 1 amide bonds. The van der Waals surface area contributed by atoms with E-state index in [1.807, 2.05) is 23.1 Å². The molecule has 1 aliphatic heterocycles. The van der Waals surface area contributed by atoms with Crippen molar-refractivity contribution in [1.29, 1.82) is 0 Å². The van der Waals surface area contributed by atoms with Crippen molar-refractivity contribution < 1.29 is 4.79 Å². The molecule has 1 saturated heterocycles. The summed E-state index contributed by atoms with van der Waals surface area (Å²) in [6.45, 7) is 2.89. The Morgan fingerprint density at radius 3 is 2.84 bits per heavy atom. The lowest BCUT2D eigenvalue weighted by Gasteiger charge is -2.34. The molecule has 1 unspecified atom stereocenters. The summed E-state index contributed by atoms with van der Waals surface area (Å²) in [5.74, 6) is 0.236. The van der Waals surface area contributed by atoms with E-state index >= 15 is 0 Å². The molecular formula is C15H19BrN2O. The van der Waals surface area contributed by atoms with Gasteiger partial charge in [-0.05, 0) is 50.3 Å². The van der Waals surface area contributed by atoms with Gasteiger partial charge in [0.2, 0.25) is 5.91 Å². The highest BCUT2D eigenvalue weighted by molar-refractivity contribution is 9.10. The van der Waals surface area contributed by atoms with E-state index in [1.54, 1.807) is 0 Å². The van der Waals surface area contributed by atoms with Crippen LogP contribution in [0.3, 0.4) is 0 Å². The highest BCUT2D eigenvalue weighted by atomic mass is 79.9. The maximum atomic E-state index is 12.6. The van der Waals surface area contributed by atoms with Crippen LogP contribution in [-0.4, -0.2) is 24.5 Å². The van der Waals surface area contributed by atoms with Gasteiger partial charge in [0, 0.05) is 22.7 Å². The number of rotatable bonds is 3. The van der Waals surface area contributed by atoms with E-state index in [1.165, 1.54) is 12.8 Å². The number of piperidine rings is 1. The molecule has 2 fully saturated rings. The first-order valence-corrected chi connectivity index (χ1v) is 7.78. The van der Waals surface area contributed by atoms with E-state index in [9.17, 15) is 4.79 Å². The van der Waals surface area contributed by atoms with Gasteiger partial charge in [-0.15, -0.1) is 0 Å².